The summed E-state index contributed by atoms with van der Waals surface area (Å²) < 4.78 is 16.1. The third-order valence-electron chi connectivity index (χ3n) is 5.75. The van der Waals surface area contributed by atoms with Crippen LogP contribution < -0.4 is 14.8 Å². The van der Waals surface area contributed by atoms with Crippen molar-refractivity contribution in [2.24, 2.45) is 5.92 Å². The summed E-state index contributed by atoms with van der Waals surface area (Å²) in [6.07, 6.45) is 4.23. The van der Waals surface area contributed by atoms with E-state index in [0.29, 0.717) is 13.0 Å². The molecule has 2 aromatic rings. The number of nitrogens with one attached hydrogen (secondary N) is 1. The number of carbonyl (C=O) groups excluding carboxylic acids is 1. The SMILES string of the molecule is COCCC(=O)N[C@@H](c1ccccn1)[C@H]1CCCN(Cc2cccc(OC)c2OC)C1. The Morgan fingerprint density at radius 3 is 2.77 bits per heavy atom. The summed E-state index contributed by atoms with van der Waals surface area (Å²) in [5.74, 6) is 1.78. The highest BCUT2D eigenvalue weighted by Gasteiger charge is 2.30. The van der Waals surface area contributed by atoms with Crippen LogP contribution in [-0.4, -0.2) is 56.8 Å². The number of hydrogen-bond donors (Lipinski definition) is 1. The van der Waals surface area contributed by atoms with Crippen LogP contribution in [0, 0.1) is 5.92 Å². The fourth-order valence-electron chi connectivity index (χ4n) is 4.26. The van der Waals surface area contributed by atoms with Crippen LogP contribution in [0.3, 0.4) is 0 Å². The Bertz CT molecular complexity index is 831. The molecule has 168 valence electrons. The average Bonchev–Trinajstić information content (AvgIpc) is 2.81. The molecule has 1 aromatic heterocycles. The molecule has 1 N–H and O–H groups in total. The van der Waals surface area contributed by atoms with Crippen molar-refractivity contribution in [1.82, 2.24) is 15.2 Å². The monoisotopic (exact) mass is 427 g/mol. The van der Waals surface area contributed by atoms with Crippen molar-refractivity contribution >= 4 is 5.91 Å². The Balaban J connectivity index is 1.75. The summed E-state index contributed by atoms with van der Waals surface area (Å²) in [5, 5.41) is 3.21. The number of aromatic nitrogens is 1. The van der Waals surface area contributed by atoms with Gasteiger partial charge in [-0.1, -0.05) is 18.2 Å². The molecule has 0 saturated carbocycles. The van der Waals surface area contributed by atoms with Gasteiger partial charge in [0.05, 0.1) is 32.6 Å². The van der Waals surface area contributed by atoms with E-state index < -0.39 is 0 Å². The van der Waals surface area contributed by atoms with Crippen molar-refractivity contribution in [2.45, 2.75) is 31.8 Å². The first-order chi connectivity index (χ1) is 15.2. The Kier molecular flexibility index (Phi) is 8.67. The molecule has 1 fully saturated rings. The fraction of sp³-hybridized carbons (Fsp3) is 0.500. The number of methoxy groups -OCH3 is 3. The fourth-order valence-corrected chi connectivity index (χ4v) is 4.26. The number of amides is 1. The maximum absolute atomic E-state index is 12.5. The lowest BCUT2D eigenvalue weighted by molar-refractivity contribution is -0.123. The summed E-state index contributed by atoms with van der Waals surface area (Å²) in [6, 6.07) is 11.7. The topological polar surface area (TPSA) is 72.9 Å². The second kappa shape index (κ2) is 11.7. The number of para-hydroxylation sites is 1. The molecule has 0 radical (unpaired) electrons. The molecule has 1 aromatic carbocycles. The Hall–Kier alpha value is -2.64. The molecular weight excluding hydrogens is 394 g/mol. The van der Waals surface area contributed by atoms with E-state index in [1.54, 1.807) is 27.5 Å². The van der Waals surface area contributed by atoms with Crippen molar-refractivity contribution in [3.63, 3.8) is 0 Å². The quantitative estimate of drug-likeness (QED) is 0.628. The van der Waals surface area contributed by atoms with E-state index >= 15 is 0 Å². The summed E-state index contributed by atoms with van der Waals surface area (Å²) in [6.45, 7) is 3.05. The number of carbonyl (C=O) groups is 1. The number of benzene rings is 1. The van der Waals surface area contributed by atoms with Crippen molar-refractivity contribution in [1.29, 1.82) is 0 Å². The van der Waals surface area contributed by atoms with E-state index in [-0.39, 0.29) is 17.9 Å². The molecular formula is C24H33N3O4. The zero-order valence-corrected chi connectivity index (χ0v) is 18.7. The minimum atomic E-state index is -0.124. The number of hydrogen-bond acceptors (Lipinski definition) is 6. The second-order valence-electron chi connectivity index (χ2n) is 7.83. The molecule has 3 rings (SSSR count). The first kappa shape index (κ1) is 23.0. The molecule has 0 aliphatic carbocycles. The summed E-state index contributed by atoms with van der Waals surface area (Å²) in [5.41, 5.74) is 2.00. The van der Waals surface area contributed by atoms with Gasteiger partial charge in [-0.05, 0) is 43.5 Å². The third kappa shape index (κ3) is 6.18. The first-order valence-corrected chi connectivity index (χ1v) is 10.8. The van der Waals surface area contributed by atoms with Crippen molar-refractivity contribution in [3.05, 3.63) is 53.9 Å². The highest BCUT2D eigenvalue weighted by Crippen LogP contribution is 2.34. The zero-order chi connectivity index (χ0) is 22.1. The van der Waals surface area contributed by atoms with Gasteiger partial charge in [0.15, 0.2) is 11.5 Å². The van der Waals surface area contributed by atoms with E-state index in [1.165, 1.54) is 0 Å². The van der Waals surface area contributed by atoms with Crippen LogP contribution in [-0.2, 0) is 16.1 Å². The molecule has 0 bridgehead atoms. The van der Waals surface area contributed by atoms with Gasteiger partial charge in [-0.25, -0.2) is 0 Å². The zero-order valence-electron chi connectivity index (χ0n) is 18.7. The van der Waals surface area contributed by atoms with Crippen LogP contribution in [0.4, 0.5) is 0 Å². The number of nitrogens with zero attached hydrogens (tertiary/aromatic N) is 2. The molecule has 2 atom stereocenters. The molecule has 2 heterocycles. The molecule has 0 unspecified atom stereocenters. The molecule has 7 nitrogen and oxygen atoms in total. The summed E-state index contributed by atoms with van der Waals surface area (Å²) in [4.78, 5) is 19.5. The predicted molar refractivity (Wildman–Crippen MR) is 119 cm³/mol. The number of piperidine rings is 1. The van der Waals surface area contributed by atoms with E-state index in [9.17, 15) is 4.79 Å². The molecule has 1 amide bonds. The lowest BCUT2D eigenvalue weighted by atomic mass is 9.88. The number of likely N-dealkylation sites (tertiary alicyclic amines) is 1. The van der Waals surface area contributed by atoms with Gasteiger partial charge in [0.25, 0.3) is 0 Å². The smallest absolute Gasteiger partial charge is 0.222 e. The Labute approximate surface area is 184 Å². The van der Waals surface area contributed by atoms with E-state index in [1.807, 2.05) is 30.3 Å². The minimum Gasteiger partial charge on any atom is -0.493 e. The number of rotatable bonds is 10. The minimum absolute atomic E-state index is 0.0101. The van der Waals surface area contributed by atoms with Crippen LogP contribution in [0.1, 0.15) is 36.6 Å². The Morgan fingerprint density at radius 1 is 1.19 bits per heavy atom. The van der Waals surface area contributed by atoms with Crippen LogP contribution in [0.2, 0.25) is 0 Å². The first-order valence-electron chi connectivity index (χ1n) is 10.8. The van der Waals surface area contributed by atoms with Crippen LogP contribution in [0.5, 0.6) is 11.5 Å². The molecule has 1 aliphatic heterocycles. The second-order valence-corrected chi connectivity index (χ2v) is 7.83. The van der Waals surface area contributed by atoms with Crippen molar-refractivity contribution in [2.75, 3.05) is 41.0 Å². The lowest BCUT2D eigenvalue weighted by Crippen LogP contribution is -2.43. The number of ether oxygens (including phenoxy) is 3. The van der Waals surface area contributed by atoms with Gasteiger partial charge < -0.3 is 19.5 Å². The summed E-state index contributed by atoms with van der Waals surface area (Å²) in [7, 11) is 4.94. The largest absolute Gasteiger partial charge is 0.493 e. The Morgan fingerprint density at radius 2 is 2.06 bits per heavy atom. The maximum Gasteiger partial charge on any atom is 0.222 e. The highest BCUT2D eigenvalue weighted by molar-refractivity contribution is 5.76. The molecule has 31 heavy (non-hydrogen) atoms. The van der Waals surface area contributed by atoms with Gasteiger partial charge in [-0.3, -0.25) is 14.7 Å². The van der Waals surface area contributed by atoms with E-state index in [2.05, 4.69) is 21.3 Å². The number of pyridine rings is 1. The molecule has 1 saturated heterocycles. The standard InChI is InChI=1S/C24H33N3O4/c1-29-15-12-22(28)26-23(20-10-4-5-13-25-20)18-9-7-14-27(16-18)17-19-8-6-11-21(30-2)24(19)31-3/h4-6,8,10-11,13,18,23H,7,9,12,14-17H2,1-3H3,(H,26,28)/t18-,23+/m0/s1. The third-order valence-corrected chi connectivity index (χ3v) is 5.75. The van der Waals surface area contributed by atoms with Crippen molar-refractivity contribution in [3.8, 4) is 11.5 Å². The van der Waals surface area contributed by atoms with Crippen LogP contribution in [0.15, 0.2) is 42.6 Å². The predicted octanol–water partition coefficient (Wildman–Crippen LogP) is 3.20. The highest BCUT2D eigenvalue weighted by atomic mass is 16.5. The molecule has 7 heteroatoms. The van der Waals surface area contributed by atoms with Gasteiger partial charge in [0.2, 0.25) is 5.91 Å². The van der Waals surface area contributed by atoms with Gasteiger partial charge in [0, 0.05) is 38.4 Å². The van der Waals surface area contributed by atoms with Gasteiger partial charge >= 0.3 is 0 Å². The summed E-state index contributed by atoms with van der Waals surface area (Å²) >= 11 is 0. The lowest BCUT2D eigenvalue weighted by Gasteiger charge is -2.37. The van der Waals surface area contributed by atoms with Gasteiger partial charge in [-0.2, -0.15) is 0 Å². The van der Waals surface area contributed by atoms with Crippen LogP contribution in [0.25, 0.3) is 0 Å². The molecule has 1 aliphatic rings. The average molecular weight is 428 g/mol. The van der Waals surface area contributed by atoms with Gasteiger partial charge in [-0.15, -0.1) is 0 Å². The van der Waals surface area contributed by atoms with E-state index in [4.69, 9.17) is 14.2 Å². The maximum atomic E-state index is 12.5. The van der Waals surface area contributed by atoms with E-state index in [0.717, 1.165) is 55.2 Å². The molecule has 0 spiro atoms. The van der Waals surface area contributed by atoms with Crippen molar-refractivity contribution < 1.29 is 19.0 Å². The normalized spacial score (nSPS) is 17.7. The van der Waals surface area contributed by atoms with Crippen LogP contribution >= 0.6 is 0 Å². The van der Waals surface area contributed by atoms with Gasteiger partial charge in [0.1, 0.15) is 0 Å².